The number of fused-ring (bicyclic) bond motifs is 1. The molecule has 0 radical (unpaired) electrons. The lowest BCUT2D eigenvalue weighted by Crippen LogP contribution is -2.38. The van der Waals surface area contributed by atoms with Gasteiger partial charge in [0.15, 0.2) is 0 Å². The number of halogens is 3. The Balaban J connectivity index is 1.58. The number of amides is 2. The van der Waals surface area contributed by atoms with E-state index in [1.165, 1.54) is 12.1 Å². The zero-order valence-electron chi connectivity index (χ0n) is 15.2. The molecule has 2 amide bonds. The van der Waals surface area contributed by atoms with Gasteiger partial charge in [-0.3, -0.25) is 9.59 Å². The van der Waals surface area contributed by atoms with Crippen LogP contribution < -0.4 is 15.0 Å². The van der Waals surface area contributed by atoms with Gasteiger partial charge in [-0.2, -0.15) is 0 Å². The second kappa shape index (κ2) is 8.80. The van der Waals surface area contributed by atoms with E-state index in [4.69, 9.17) is 27.9 Å². The minimum Gasteiger partial charge on any atom is -0.490 e. The Bertz CT molecular complexity index is 907. The van der Waals surface area contributed by atoms with Crippen molar-refractivity contribution < 1.29 is 18.7 Å². The van der Waals surface area contributed by atoms with Crippen LogP contribution in [0.15, 0.2) is 36.4 Å². The summed E-state index contributed by atoms with van der Waals surface area (Å²) in [5.74, 6) is -0.439. The maximum Gasteiger partial charge on any atom is 0.227 e. The standard InChI is InChI=1S/C20H19Cl2FN2O3/c1-12(13-10-16(23)15(22)11-14(13)21)24-19(26)6-7-20(27)25-8-9-28-18-5-3-2-4-17(18)25/h2-5,10-12H,6-9H2,1H3,(H,24,26). The Hall–Kier alpha value is -2.31. The van der Waals surface area contributed by atoms with Crippen LogP contribution in [0.5, 0.6) is 5.75 Å². The predicted octanol–water partition coefficient (Wildman–Crippen LogP) is 4.52. The number of benzene rings is 2. The van der Waals surface area contributed by atoms with Crippen molar-refractivity contribution in [3.8, 4) is 5.75 Å². The third-order valence-corrected chi connectivity index (χ3v) is 5.10. The molecule has 0 bridgehead atoms. The molecule has 0 fully saturated rings. The highest BCUT2D eigenvalue weighted by atomic mass is 35.5. The maximum atomic E-state index is 13.7. The molecule has 1 N–H and O–H groups in total. The molecular formula is C20H19Cl2FN2O3. The van der Waals surface area contributed by atoms with Crippen LogP contribution in [-0.2, 0) is 9.59 Å². The fraction of sp³-hybridized carbons (Fsp3) is 0.300. The predicted molar refractivity (Wildman–Crippen MR) is 107 cm³/mol. The second-order valence-electron chi connectivity index (χ2n) is 6.44. The van der Waals surface area contributed by atoms with E-state index in [1.54, 1.807) is 17.9 Å². The van der Waals surface area contributed by atoms with Crippen LogP contribution in [0.2, 0.25) is 10.0 Å². The third-order valence-electron chi connectivity index (χ3n) is 4.48. The van der Waals surface area contributed by atoms with Gasteiger partial charge in [0.1, 0.15) is 18.2 Å². The number of carbonyl (C=O) groups is 2. The van der Waals surface area contributed by atoms with Crippen LogP contribution in [0.25, 0.3) is 0 Å². The average Bonchev–Trinajstić information content (AvgIpc) is 2.68. The zero-order chi connectivity index (χ0) is 20.3. The Morgan fingerprint density at radius 3 is 2.75 bits per heavy atom. The number of hydrogen-bond donors (Lipinski definition) is 1. The summed E-state index contributed by atoms with van der Waals surface area (Å²) in [4.78, 5) is 26.4. The molecule has 8 heteroatoms. The summed E-state index contributed by atoms with van der Waals surface area (Å²) in [5.41, 5.74) is 1.13. The van der Waals surface area contributed by atoms with Crippen LogP contribution in [0, 0.1) is 5.82 Å². The lowest BCUT2D eigenvalue weighted by atomic mass is 10.1. The highest BCUT2D eigenvalue weighted by Crippen LogP contribution is 2.31. The summed E-state index contributed by atoms with van der Waals surface area (Å²) in [6, 6.07) is 9.26. The first-order chi connectivity index (χ1) is 13.4. The maximum absolute atomic E-state index is 13.7. The Morgan fingerprint density at radius 2 is 1.96 bits per heavy atom. The summed E-state index contributed by atoms with van der Waals surface area (Å²) in [5, 5.41) is 2.92. The van der Waals surface area contributed by atoms with Crippen molar-refractivity contribution in [2.75, 3.05) is 18.1 Å². The number of hydrogen-bond acceptors (Lipinski definition) is 3. The van der Waals surface area contributed by atoms with Crippen molar-refractivity contribution in [2.45, 2.75) is 25.8 Å². The van der Waals surface area contributed by atoms with Crippen LogP contribution in [0.3, 0.4) is 0 Å². The van der Waals surface area contributed by atoms with Crippen molar-refractivity contribution in [1.82, 2.24) is 5.32 Å². The summed E-state index contributed by atoms with van der Waals surface area (Å²) in [6.07, 6.45) is 0.0615. The van der Waals surface area contributed by atoms with Crippen LogP contribution >= 0.6 is 23.2 Å². The monoisotopic (exact) mass is 424 g/mol. The summed E-state index contributed by atoms with van der Waals surface area (Å²) < 4.78 is 19.2. The molecule has 0 spiro atoms. The van der Waals surface area contributed by atoms with E-state index >= 15 is 0 Å². The number of anilines is 1. The zero-order valence-corrected chi connectivity index (χ0v) is 16.7. The highest BCUT2D eigenvalue weighted by molar-refractivity contribution is 6.35. The molecule has 0 aliphatic carbocycles. The van der Waals surface area contributed by atoms with Gasteiger partial charge in [0.2, 0.25) is 11.8 Å². The number of carbonyl (C=O) groups excluding carboxylic acids is 2. The highest BCUT2D eigenvalue weighted by Gasteiger charge is 2.24. The second-order valence-corrected chi connectivity index (χ2v) is 7.25. The van der Waals surface area contributed by atoms with Gasteiger partial charge in [-0.1, -0.05) is 35.3 Å². The Morgan fingerprint density at radius 1 is 1.21 bits per heavy atom. The van der Waals surface area contributed by atoms with E-state index in [9.17, 15) is 14.0 Å². The molecule has 1 aliphatic heterocycles. The van der Waals surface area contributed by atoms with Crippen molar-refractivity contribution in [3.05, 3.63) is 57.8 Å². The SMILES string of the molecule is CC(NC(=O)CCC(=O)N1CCOc2ccccc21)c1cc(F)c(Cl)cc1Cl. The molecule has 2 aromatic carbocycles. The number of para-hydroxylation sites is 2. The number of rotatable bonds is 5. The first-order valence-electron chi connectivity index (χ1n) is 8.83. The van der Waals surface area contributed by atoms with Gasteiger partial charge in [-0.05, 0) is 36.8 Å². The fourth-order valence-electron chi connectivity index (χ4n) is 3.05. The van der Waals surface area contributed by atoms with E-state index < -0.39 is 11.9 Å². The first-order valence-corrected chi connectivity index (χ1v) is 9.58. The van der Waals surface area contributed by atoms with E-state index in [1.807, 2.05) is 18.2 Å². The minimum absolute atomic E-state index is 0.0103. The smallest absolute Gasteiger partial charge is 0.227 e. The fourth-order valence-corrected chi connectivity index (χ4v) is 3.59. The lowest BCUT2D eigenvalue weighted by molar-refractivity contribution is -0.125. The quantitative estimate of drug-likeness (QED) is 0.717. The molecule has 0 saturated carbocycles. The number of ether oxygens (including phenoxy) is 1. The molecule has 2 aromatic rings. The van der Waals surface area contributed by atoms with Crippen LogP contribution in [0.4, 0.5) is 10.1 Å². The van der Waals surface area contributed by atoms with Gasteiger partial charge in [-0.25, -0.2) is 4.39 Å². The van der Waals surface area contributed by atoms with Gasteiger partial charge in [0.25, 0.3) is 0 Å². The third kappa shape index (κ3) is 4.56. The molecule has 5 nitrogen and oxygen atoms in total. The van der Waals surface area contributed by atoms with Crippen LogP contribution in [0.1, 0.15) is 31.4 Å². The van der Waals surface area contributed by atoms with E-state index in [-0.39, 0.29) is 34.7 Å². The summed E-state index contributed by atoms with van der Waals surface area (Å²) in [6.45, 7) is 2.53. The molecule has 1 aliphatic rings. The number of nitrogens with zero attached hydrogens (tertiary/aromatic N) is 1. The van der Waals surface area contributed by atoms with Crippen molar-refractivity contribution in [2.24, 2.45) is 0 Å². The molecule has 1 heterocycles. The molecule has 0 saturated heterocycles. The Labute approximate surface area is 172 Å². The molecule has 1 unspecified atom stereocenters. The molecule has 0 aromatic heterocycles. The topological polar surface area (TPSA) is 58.6 Å². The largest absolute Gasteiger partial charge is 0.490 e. The van der Waals surface area contributed by atoms with Crippen molar-refractivity contribution in [3.63, 3.8) is 0 Å². The van der Waals surface area contributed by atoms with Crippen molar-refractivity contribution >= 4 is 40.7 Å². The van der Waals surface area contributed by atoms with E-state index in [0.29, 0.717) is 30.2 Å². The van der Waals surface area contributed by atoms with Gasteiger partial charge in [0, 0.05) is 17.9 Å². The minimum atomic E-state index is -0.608. The first kappa shape index (κ1) is 20.4. The van der Waals surface area contributed by atoms with Gasteiger partial charge < -0.3 is 15.0 Å². The summed E-state index contributed by atoms with van der Waals surface area (Å²) in [7, 11) is 0. The molecule has 1 atom stereocenters. The van der Waals surface area contributed by atoms with Crippen molar-refractivity contribution in [1.29, 1.82) is 0 Å². The van der Waals surface area contributed by atoms with Gasteiger partial charge in [-0.15, -0.1) is 0 Å². The molecular weight excluding hydrogens is 406 g/mol. The molecule has 3 rings (SSSR count). The molecule has 148 valence electrons. The van der Waals surface area contributed by atoms with E-state index in [0.717, 1.165) is 0 Å². The average molecular weight is 425 g/mol. The normalized spacial score (nSPS) is 14.1. The lowest BCUT2D eigenvalue weighted by Gasteiger charge is -2.29. The summed E-state index contributed by atoms with van der Waals surface area (Å²) >= 11 is 11.8. The van der Waals surface area contributed by atoms with Gasteiger partial charge in [0.05, 0.1) is 23.3 Å². The molecule has 28 heavy (non-hydrogen) atoms. The van der Waals surface area contributed by atoms with Gasteiger partial charge >= 0.3 is 0 Å². The number of nitrogens with one attached hydrogen (secondary N) is 1. The van der Waals surface area contributed by atoms with Crippen LogP contribution in [-0.4, -0.2) is 25.0 Å². The van der Waals surface area contributed by atoms with E-state index in [2.05, 4.69) is 5.32 Å². The Kier molecular flexibility index (Phi) is 6.42.